The SMILES string of the molecule is CCc1ccc(OCC(=O)NNC(=O)COc2ccccc2[N+](=O)[O-])cc1. The standard InChI is InChI=1S/C18H19N3O6/c1-2-13-7-9-14(10-8-13)26-11-17(22)19-20-18(23)12-27-16-6-4-3-5-15(16)21(24)25/h3-10H,2,11-12H2,1H3,(H,19,22)(H,20,23). The Morgan fingerprint density at radius 3 is 2.15 bits per heavy atom. The van der Waals surface area contributed by atoms with Gasteiger partial charge in [-0.2, -0.15) is 0 Å². The van der Waals surface area contributed by atoms with Gasteiger partial charge in [0, 0.05) is 6.07 Å². The summed E-state index contributed by atoms with van der Waals surface area (Å²) in [7, 11) is 0. The first-order valence-electron chi connectivity index (χ1n) is 8.15. The minimum absolute atomic E-state index is 0.0390. The second-order valence-electron chi connectivity index (χ2n) is 5.40. The molecule has 2 aromatic carbocycles. The molecule has 0 aromatic heterocycles. The monoisotopic (exact) mass is 373 g/mol. The van der Waals surface area contributed by atoms with Gasteiger partial charge in [0.25, 0.3) is 11.8 Å². The highest BCUT2D eigenvalue weighted by Crippen LogP contribution is 2.25. The Bertz CT molecular complexity index is 807. The number of ether oxygens (including phenoxy) is 2. The van der Waals surface area contributed by atoms with E-state index in [4.69, 9.17) is 9.47 Å². The number of carbonyl (C=O) groups is 2. The van der Waals surface area contributed by atoms with Gasteiger partial charge >= 0.3 is 5.69 Å². The minimum Gasteiger partial charge on any atom is -0.484 e. The summed E-state index contributed by atoms with van der Waals surface area (Å²) in [5, 5.41) is 10.9. The van der Waals surface area contributed by atoms with Gasteiger partial charge in [0.2, 0.25) is 0 Å². The zero-order valence-electron chi connectivity index (χ0n) is 14.6. The molecule has 9 heteroatoms. The normalized spacial score (nSPS) is 9.96. The van der Waals surface area contributed by atoms with Crippen molar-refractivity contribution in [2.45, 2.75) is 13.3 Å². The number of amides is 2. The van der Waals surface area contributed by atoms with Crippen LogP contribution < -0.4 is 20.3 Å². The van der Waals surface area contributed by atoms with Gasteiger partial charge in [-0.15, -0.1) is 0 Å². The Hall–Kier alpha value is -3.62. The van der Waals surface area contributed by atoms with Gasteiger partial charge in [-0.1, -0.05) is 31.2 Å². The average Bonchev–Trinajstić information content (AvgIpc) is 2.69. The fourth-order valence-electron chi connectivity index (χ4n) is 2.06. The maximum Gasteiger partial charge on any atom is 0.310 e. The van der Waals surface area contributed by atoms with Crippen LogP contribution in [0, 0.1) is 10.1 Å². The molecule has 9 nitrogen and oxygen atoms in total. The Morgan fingerprint density at radius 2 is 1.56 bits per heavy atom. The van der Waals surface area contributed by atoms with Gasteiger partial charge < -0.3 is 9.47 Å². The lowest BCUT2D eigenvalue weighted by atomic mass is 10.2. The van der Waals surface area contributed by atoms with Crippen molar-refractivity contribution < 1.29 is 24.0 Å². The van der Waals surface area contributed by atoms with Crippen molar-refractivity contribution in [2.75, 3.05) is 13.2 Å². The number of nitro groups is 1. The van der Waals surface area contributed by atoms with E-state index >= 15 is 0 Å². The molecule has 2 rings (SSSR count). The van der Waals surface area contributed by atoms with Crippen molar-refractivity contribution in [3.8, 4) is 11.5 Å². The van der Waals surface area contributed by atoms with Gasteiger partial charge in [-0.3, -0.25) is 30.6 Å². The second kappa shape index (κ2) is 9.76. The molecule has 0 heterocycles. The van der Waals surface area contributed by atoms with E-state index in [2.05, 4.69) is 10.9 Å². The topological polar surface area (TPSA) is 120 Å². The highest BCUT2D eigenvalue weighted by molar-refractivity contribution is 5.83. The van der Waals surface area contributed by atoms with E-state index in [1.807, 2.05) is 19.1 Å². The zero-order chi connectivity index (χ0) is 19.6. The molecule has 0 unspecified atom stereocenters. The molecule has 27 heavy (non-hydrogen) atoms. The Balaban J connectivity index is 1.71. The van der Waals surface area contributed by atoms with Crippen LogP contribution in [0.15, 0.2) is 48.5 Å². The van der Waals surface area contributed by atoms with Crippen LogP contribution in [0.5, 0.6) is 11.5 Å². The van der Waals surface area contributed by atoms with E-state index in [1.54, 1.807) is 18.2 Å². The summed E-state index contributed by atoms with van der Waals surface area (Å²) in [6.07, 6.45) is 0.904. The molecule has 0 aliphatic carbocycles. The predicted octanol–water partition coefficient (Wildman–Crippen LogP) is 1.76. The number of rotatable bonds is 8. The van der Waals surface area contributed by atoms with Gasteiger partial charge in [0.05, 0.1) is 4.92 Å². The zero-order valence-corrected chi connectivity index (χ0v) is 14.6. The number of para-hydroxylation sites is 2. The van der Waals surface area contributed by atoms with Crippen molar-refractivity contribution >= 4 is 17.5 Å². The second-order valence-corrected chi connectivity index (χ2v) is 5.40. The molecule has 0 fully saturated rings. The van der Waals surface area contributed by atoms with Crippen molar-refractivity contribution in [1.29, 1.82) is 0 Å². The van der Waals surface area contributed by atoms with Crippen LogP contribution in [0.3, 0.4) is 0 Å². The quantitative estimate of drug-likeness (QED) is 0.537. The van der Waals surface area contributed by atoms with Crippen molar-refractivity contribution in [1.82, 2.24) is 10.9 Å². The van der Waals surface area contributed by atoms with Gasteiger partial charge in [0.15, 0.2) is 19.0 Å². The molecule has 0 saturated heterocycles. The number of nitrogens with one attached hydrogen (secondary N) is 2. The fraction of sp³-hybridized carbons (Fsp3) is 0.222. The lowest BCUT2D eigenvalue weighted by Crippen LogP contribution is -2.45. The van der Waals surface area contributed by atoms with Gasteiger partial charge in [-0.25, -0.2) is 0 Å². The van der Waals surface area contributed by atoms with Gasteiger partial charge in [0.1, 0.15) is 5.75 Å². The maximum absolute atomic E-state index is 11.7. The third-order valence-electron chi connectivity index (χ3n) is 3.46. The molecule has 0 aliphatic rings. The van der Waals surface area contributed by atoms with Crippen molar-refractivity contribution in [3.63, 3.8) is 0 Å². The molecule has 0 aliphatic heterocycles. The molecule has 0 radical (unpaired) electrons. The first kappa shape index (κ1) is 19.7. The Morgan fingerprint density at radius 1 is 0.963 bits per heavy atom. The number of nitro benzene ring substituents is 1. The summed E-state index contributed by atoms with van der Waals surface area (Å²) in [4.78, 5) is 33.6. The van der Waals surface area contributed by atoms with Crippen LogP contribution in [0.2, 0.25) is 0 Å². The largest absolute Gasteiger partial charge is 0.484 e. The van der Waals surface area contributed by atoms with E-state index in [0.29, 0.717) is 5.75 Å². The lowest BCUT2D eigenvalue weighted by Gasteiger charge is -2.10. The van der Waals surface area contributed by atoms with Crippen molar-refractivity contribution in [3.05, 3.63) is 64.2 Å². The van der Waals surface area contributed by atoms with E-state index in [-0.39, 0.29) is 18.0 Å². The van der Waals surface area contributed by atoms with Crippen LogP contribution in [0.4, 0.5) is 5.69 Å². The molecule has 2 N–H and O–H groups in total. The van der Waals surface area contributed by atoms with E-state index in [9.17, 15) is 19.7 Å². The summed E-state index contributed by atoms with van der Waals surface area (Å²) in [5.41, 5.74) is 5.21. The van der Waals surface area contributed by atoms with E-state index in [0.717, 1.165) is 12.0 Å². The number of nitrogens with zero attached hydrogens (tertiary/aromatic N) is 1. The summed E-state index contributed by atoms with van der Waals surface area (Å²) in [5.74, 6) is -0.737. The average molecular weight is 373 g/mol. The lowest BCUT2D eigenvalue weighted by molar-refractivity contribution is -0.385. The molecular formula is C18H19N3O6. The molecule has 0 bridgehead atoms. The number of aryl methyl sites for hydroxylation is 1. The highest BCUT2D eigenvalue weighted by atomic mass is 16.6. The van der Waals surface area contributed by atoms with Crippen LogP contribution in [-0.4, -0.2) is 30.0 Å². The molecule has 2 aromatic rings. The Kier molecular flexibility index (Phi) is 7.12. The number of hydrogen-bond acceptors (Lipinski definition) is 6. The molecule has 0 saturated carbocycles. The first-order chi connectivity index (χ1) is 13.0. The Labute approximate surface area is 155 Å². The van der Waals surface area contributed by atoms with Crippen LogP contribution in [0.1, 0.15) is 12.5 Å². The maximum atomic E-state index is 11.7. The molecule has 142 valence electrons. The van der Waals surface area contributed by atoms with Crippen LogP contribution in [0.25, 0.3) is 0 Å². The van der Waals surface area contributed by atoms with E-state index < -0.39 is 23.3 Å². The number of hydrogen-bond donors (Lipinski definition) is 2. The summed E-state index contributed by atoms with van der Waals surface area (Å²) >= 11 is 0. The fourth-order valence-corrected chi connectivity index (χ4v) is 2.06. The van der Waals surface area contributed by atoms with Crippen LogP contribution in [-0.2, 0) is 16.0 Å². The number of carbonyl (C=O) groups excluding carboxylic acids is 2. The number of benzene rings is 2. The molecule has 2 amide bonds. The van der Waals surface area contributed by atoms with E-state index in [1.165, 1.54) is 18.2 Å². The third kappa shape index (κ3) is 6.31. The third-order valence-corrected chi connectivity index (χ3v) is 3.46. The summed E-state index contributed by atoms with van der Waals surface area (Å²) in [6.45, 7) is 1.26. The molecule has 0 spiro atoms. The predicted molar refractivity (Wildman–Crippen MR) is 96.2 cm³/mol. The highest BCUT2D eigenvalue weighted by Gasteiger charge is 2.15. The smallest absolute Gasteiger partial charge is 0.310 e. The number of hydrazine groups is 1. The first-order valence-corrected chi connectivity index (χ1v) is 8.15. The molecule has 0 atom stereocenters. The van der Waals surface area contributed by atoms with Crippen LogP contribution >= 0.6 is 0 Å². The minimum atomic E-state index is -0.672. The van der Waals surface area contributed by atoms with Gasteiger partial charge in [-0.05, 0) is 30.2 Å². The summed E-state index contributed by atoms with van der Waals surface area (Å²) in [6, 6.07) is 13.0. The molecular weight excluding hydrogens is 354 g/mol. The summed E-state index contributed by atoms with van der Waals surface area (Å²) < 4.78 is 10.4. The van der Waals surface area contributed by atoms with Crippen molar-refractivity contribution in [2.24, 2.45) is 0 Å².